The van der Waals surface area contributed by atoms with Gasteiger partial charge >= 0.3 is 0 Å². The van der Waals surface area contributed by atoms with Crippen LogP contribution in [0.25, 0.3) is 0 Å². The maximum absolute atomic E-state index is 13.3. The van der Waals surface area contributed by atoms with Gasteiger partial charge in [-0.15, -0.1) is 0 Å². The monoisotopic (exact) mass is 415 g/mol. The molecular weight excluding hydrogens is 386 g/mol. The lowest BCUT2D eigenvalue weighted by Crippen LogP contribution is -2.71. The van der Waals surface area contributed by atoms with Crippen LogP contribution < -0.4 is 4.90 Å². The number of pyridine rings is 1. The number of benzene rings is 1. The summed E-state index contributed by atoms with van der Waals surface area (Å²) in [7, 11) is 0. The number of likely N-dealkylation sites (tertiary alicyclic amines) is 1. The van der Waals surface area contributed by atoms with Crippen molar-refractivity contribution in [3.63, 3.8) is 0 Å². The number of ether oxygens (including phenoxy) is 1. The summed E-state index contributed by atoms with van der Waals surface area (Å²) in [5.41, 5.74) is 2.36. The lowest BCUT2D eigenvalue weighted by Gasteiger charge is -2.57. The lowest BCUT2D eigenvalue weighted by molar-refractivity contribution is -0.158. The molecule has 1 aromatic carbocycles. The van der Waals surface area contributed by atoms with Crippen LogP contribution in [0.3, 0.4) is 0 Å². The number of rotatable bonds is 2. The zero-order chi connectivity index (χ0) is 21.6. The molecule has 0 radical (unpaired) electrons. The average molecular weight is 416 g/mol. The van der Waals surface area contributed by atoms with Crippen molar-refractivity contribution in [2.45, 2.75) is 26.8 Å². The number of hydrogen-bond acceptors (Lipinski definition) is 5. The minimum Gasteiger partial charge on any atom is -0.378 e. The highest BCUT2D eigenvalue weighted by atomic mass is 16.5. The Morgan fingerprint density at radius 2 is 1.55 bits per heavy atom. The normalized spacial score (nSPS) is 28.6. The Labute approximate surface area is 184 Å². The van der Waals surface area contributed by atoms with Gasteiger partial charge < -0.3 is 9.64 Å². The zero-order valence-electron chi connectivity index (χ0n) is 18.5. The summed E-state index contributed by atoms with van der Waals surface area (Å²) >= 11 is 0. The third kappa shape index (κ3) is 3.75. The van der Waals surface area contributed by atoms with Crippen molar-refractivity contribution < 1.29 is 9.53 Å². The molecule has 31 heavy (non-hydrogen) atoms. The highest BCUT2D eigenvalue weighted by Crippen LogP contribution is 2.44. The molecule has 3 aliphatic rings. The molecule has 160 valence electrons. The first kappa shape index (κ1) is 20.2. The van der Waals surface area contributed by atoms with Crippen LogP contribution in [0.2, 0.25) is 0 Å². The molecule has 5 rings (SSSR count). The van der Waals surface area contributed by atoms with Gasteiger partial charge in [-0.25, -0.2) is 4.98 Å². The Hall–Kier alpha value is -2.68. The van der Waals surface area contributed by atoms with Crippen LogP contribution in [0.15, 0.2) is 42.6 Å². The molecule has 3 fully saturated rings. The Kier molecular flexibility index (Phi) is 4.88. The van der Waals surface area contributed by atoms with Gasteiger partial charge in [-0.2, -0.15) is 0 Å². The fourth-order valence-electron chi connectivity index (χ4n) is 5.25. The molecule has 3 aliphatic heterocycles. The molecule has 5 nitrogen and oxygen atoms in total. The van der Waals surface area contributed by atoms with Gasteiger partial charge in [0.05, 0.1) is 30.1 Å². The number of ketones is 1. The maximum atomic E-state index is 13.3. The quantitative estimate of drug-likeness (QED) is 0.706. The van der Waals surface area contributed by atoms with E-state index in [-0.39, 0.29) is 10.8 Å². The van der Waals surface area contributed by atoms with Gasteiger partial charge in [0.15, 0.2) is 5.78 Å². The molecule has 0 spiro atoms. The maximum Gasteiger partial charge on any atom is 0.150 e. The largest absolute Gasteiger partial charge is 0.378 e. The van der Waals surface area contributed by atoms with Gasteiger partial charge in [0.2, 0.25) is 0 Å². The lowest BCUT2D eigenvalue weighted by atomic mass is 9.64. The third-order valence-electron chi connectivity index (χ3n) is 6.89. The number of Topliss-reactive ketones (excluding diaryl/α,β-unsaturated/α-hetero) is 1. The summed E-state index contributed by atoms with van der Waals surface area (Å²) in [6.07, 6.45) is 1.84. The summed E-state index contributed by atoms with van der Waals surface area (Å²) < 4.78 is 5.40. The predicted octanol–water partition coefficient (Wildman–Crippen LogP) is 2.91. The second-order valence-corrected chi connectivity index (χ2v) is 9.92. The second kappa shape index (κ2) is 7.47. The van der Waals surface area contributed by atoms with Crippen molar-refractivity contribution in [3.05, 3.63) is 59.3 Å². The van der Waals surface area contributed by atoms with E-state index in [0.29, 0.717) is 24.9 Å². The molecule has 2 unspecified atom stereocenters. The van der Waals surface area contributed by atoms with Crippen LogP contribution in [-0.2, 0) is 9.53 Å². The van der Waals surface area contributed by atoms with Gasteiger partial charge in [0, 0.05) is 43.5 Å². The van der Waals surface area contributed by atoms with Crippen molar-refractivity contribution in [3.8, 4) is 11.8 Å². The molecular formula is C26H29N3O2. The number of nitrogens with zero attached hydrogens (tertiary/aromatic N) is 3. The molecule has 0 saturated carbocycles. The molecule has 5 heteroatoms. The number of piperidine rings is 2. The summed E-state index contributed by atoms with van der Waals surface area (Å²) in [6.45, 7) is 10.9. The molecule has 0 amide bonds. The van der Waals surface area contributed by atoms with Crippen molar-refractivity contribution in [1.29, 1.82) is 0 Å². The fourth-order valence-corrected chi connectivity index (χ4v) is 5.25. The Morgan fingerprint density at radius 3 is 2.10 bits per heavy atom. The van der Waals surface area contributed by atoms with Crippen LogP contribution in [0, 0.1) is 29.6 Å². The fraction of sp³-hybridized carbons (Fsp3) is 0.462. The molecule has 2 aromatic rings. The van der Waals surface area contributed by atoms with E-state index in [4.69, 9.17) is 9.72 Å². The Morgan fingerprint density at radius 1 is 0.935 bits per heavy atom. The first-order chi connectivity index (χ1) is 14.8. The van der Waals surface area contributed by atoms with Crippen LogP contribution in [-0.4, -0.2) is 61.1 Å². The zero-order valence-corrected chi connectivity index (χ0v) is 18.5. The van der Waals surface area contributed by atoms with E-state index in [1.54, 1.807) is 0 Å². The number of carbonyl (C=O) groups excluding carboxylic acids is 1. The van der Waals surface area contributed by atoms with Gasteiger partial charge in [-0.05, 0) is 45.0 Å². The van der Waals surface area contributed by atoms with Crippen LogP contribution in [0.1, 0.15) is 30.5 Å². The van der Waals surface area contributed by atoms with Crippen LogP contribution in [0.5, 0.6) is 0 Å². The molecule has 1 aromatic heterocycles. The molecule has 0 N–H and O–H groups in total. The minimum absolute atomic E-state index is 0.383. The van der Waals surface area contributed by atoms with Gasteiger partial charge in [-0.1, -0.05) is 29.5 Å². The van der Waals surface area contributed by atoms with E-state index in [2.05, 4.69) is 54.5 Å². The summed E-state index contributed by atoms with van der Waals surface area (Å²) in [6, 6.07) is 12.7. The van der Waals surface area contributed by atoms with E-state index >= 15 is 0 Å². The summed E-state index contributed by atoms with van der Waals surface area (Å²) in [5.74, 6) is 7.72. The van der Waals surface area contributed by atoms with Crippen molar-refractivity contribution in [2.24, 2.45) is 10.8 Å². The summed E-state index contributed by atoms with van der Waals surface area (Å²) in [4.78, 5) is 22.7. The van der Waals surface area contributed by atoms with Crippen molar-refractivity contribution in [2.75, 3.05) is 44.3 Å². The van der Waals surface area contributed by atoms with E-state index in [1.165, 1.54) is 5.56 Å². The number of aromatic nitrogens is 1. The SMILES string of the molecule is Cc1ccc(C#Cc2ccc(N3CC4(C)CN(C5COC5)CC(C)(C3)C4=O)nc2)cc1. The molecule has 0 aliphatic carbocycles. The Bertz CT molecular complexity index is 1020. The molecule has 4 heterocycles. The first-order valence-corrected chi connectivity index (χ1v) is 11.0. The van der Waals surface area contributed by atoms with Crippen molar-refractivity contribution in [1.82, 2.24) is 9.88 Å². The van der Waals surface area contributed by atoms with Gasteiger partial charge in [-0.3, -0.25) is 9.69 Å². The molecule has 2 atom stereocenters. The Balaban J connectivity index is 1.33. The van der Waals surface area contributed by atoms with Crippen molar-refractivity contribution >= 4 is 11.6 Å². The molecule has 2 bridgehead atoms. The van der Waals surface area contributed by atoms with E-state index in [0.717, 1.165) is 43.2 Å². The number of aryl methyl sites for hydroxylation is 1. The second-order valence-electron chi connectivity index (χ2n) is 9.92. The smallest absolute Gasteiger partial charge is 0.150 e. The number of anilines is 1. The minimum atomic E-state index is -0.383. The van der Waals surface area contributed by atoms with Gasteiger partial charge in [0.1, 0.15) is 5.82 Å². The average Bonchev–Trinajstić information content (AvgIpc) is 2.69. The number of carbonyl (C=O) groups is 1. The predicted molar refractivity (Wildman–Crippen MR) is 121 cm³/mol. The van der Waals surface area contributed by atoms with Crippen LogP contribution >= 0.6 is 0 Å². The van der Waals surface area contributed by atoms with E-state index in [9.17, 15) is 4.79 Å². The highest BCUT2D eigenvalue weighted by molar-refractivity contribution is 5.93. The topological polar surface area (TPSA) is 45.7 Å². The number of hydrogen-bond donors (Lipinski definition) is 0. The van der Waals surface area contributed by atoms with E-state index < -0.39 is 0 Å². The molecule has 3 saturated heterocycles. The first-order valence-electron chi connectivity index (χ1n) is 11.0. The number of fused-ring (bicyclic) bond motifs is 2. The van der Waals surface area contributed by atoms with Crippen LogP contribution in [0.4, 0.5) is 5.82 Å². The standard InChI is InChI=1S/C26H29N3O2/c1-19-4-6-20(7-5-19)8-9-21-10-11-23(27-12-21)29-17-25(2)15-28(22-13-31-14-22)16-26(3,18-29)24(25)30/h4-7,10-12,22H,13-18H2,1-3H3. The van der Waals surface area contributed by atoms with Gasteiger partial charge in [0.25, 0.3) is 0 Å². The highest BCUT2D eigenvalue weighted by Gasteiger charge is 2.57. The summed E-state index contributed by atoms with van der Waals surface area (Å²) in [5, 5.41) is 0. The van der Waals surface area contributed by atoms with E-state index in [1.807, 2.05) is 30.5 Å². The third-order valence-corrected chi connectivity index (χ3v) is 6.89.